The van der Waals surface area contributed by atoms with Crippen LogP contribution < -0.4 is 10.1 Å². The highest BCUT2D eigenvalue weighted by molar-refractivity contribution is 7.09. The molecule has 0 saturated heterocycles. The standard InChI is InChI=1S/C18H15ClN6OS/c1-11-16(22-24-25(11)14-6-8-15(26-2)9-7-14)17-21-18(27-23-17)20-13-5-3-4-12(19)10-13/h3-10H,1-2H3,(H,20,21,23). The van der Waals surface area contributed by atoms with E-state index in [0.717, 1.165) is 22.8 Å². The number of nitrogens with one attached hydrogen (secondary N) is 1. The number of anilines is 2. The van der Waals surface area contributed by atoms with Gasteiger partial charge in [0.25, 0.3) is 0 Å². The van der Waals surface area contributed by atoms with Gasteiger partial charge in [-0.25, -0.2) is 4.68 Å². The molecular formula is C18H15ClN6OS. The van der Waals surface area contributed by atoms with Crippen molar-refractivity contribution in [3.05, 3.63) is 59.2 Å². The molecule has 0 saturated carbocycles. The number of methoxy groups -OCH3 is 1. The van der Waals surface area contributed by atoms with Gasteiger partial charge in [0.2, 0.25) is 5.13 Å². The van der Waals surface area contributed by atoms with Gasteiger partial charge in [-0.15, -0.1) is 5.10 Å². The number of halogens is 1. The van der Waals surface area contributed by atoms with Crippen molar-refractivity contribution in [2.24, 2.45) is 0 Å². The maximum atomic E-state index is 6.01. The molecule has 0 amide bonds. The predicted molar refractivity (Wildman–Crippen MR) is 106 cm³/mol. The van der Waals surface area contributed by atoms with E-state index in [1.54, 1.807) is 11.8 Å². The Morgan fingerprint density at radius 2 is 1.96 bits per heavy atom. The van der Waals surface area contributed by atoms with Crippen LogP contribution in [-0.2, 0) is 0 Å². The number of rotatable bonds is 5. The minimum atomic E-state index is 0.529. The van der Waals surface area contributed by atoms with Gasteiger partial charge < -0.3 is 10.1 Å². The molecule has 0 atom stereocenters. The molecule has 27 heavy (non-hydrogen) atoms. The smallest absolute Gasteiger partial charge is 0.207 e. The van der Waals surface area contributed by atoms with Crippen LogP contribution in [-0.4, -0.2) is 31.5 Å². The molecule has 0 aliphatic heterocycles. The minimum Gasteiger partial charge on any atom is -0.497 e. The largest absolute Gasteiger partial charge is 0.497 e. The first kappa shape index (κ1) is 17.4. The fraction of sp³-hybridized carbons (Fsp3) is 0.111. The molecule has 0 aliphatic carbocycles. The summed E-state index contributed by atoms with van der Waals surface area (Å²) in [6.45, 7) is 1.94. The molecular weight excluding hydrogens is 384 g/mol. The molecule has 2 heterocycles. The Hall–Kier alpha value is -2.97. The van der Waals surface area contributed by atoms with Crippen molar-refractivity contribution in [3.8, 4) is 23.0 Å². The average Bonchev–Trinajstić information content (AvgIpc) is 3.28. The molecule has 0 radical (unpaired) electrons. The van der Waals surface area contributed by atoms with E-state index < -0.39 is 0 Å². The highest BCUT2D eigenvalue weighted by Crippen LogP contribution is 2.26. The van der Waals surface area contributed by atoms with Crippen LogP contribution in [0.2, 0.25) is 5.02 Å². The summed E-state index contributed by atoms with van der Waals surface area (Å²) in [6, 6.07) is 15.0. The van der Waals surface area contributed by atoms with Gasteiger partial charge >= 0.3 is 0 Å². The molecule has 0 fully saturated rings. The van der Waals surface area contributed by atoms with E-state index >= 15 is 0 Å². The highest BCUT2D eigenvalue weighted by atomic mass is 35.5. The quantitative estimate of drug-likeness (QED) is 0.533. The summed E-state index contributed by atoms with van der Waals surface area (Å²) in [6.07, 6.45) is 0. The summed E-state index contributed by atoms with van der Waals surface area (Å²) in [4.78, 5) is 4.52. The molecule has 2 aromatic carbocycles. The van der Waals surface area contributed by atoms with Crippen LogP contribution >= 0.6 is 23.1 Å². The first-order valence-corrected chi connectivity index (χ1v) is 9.22. The lowest BCUT2D eigenvalue weighted by Gasteiger charge is -2.04. The van der Waals surface area contributed by atoms with Gasteiger partial charge in [-0.3, -0.25) is 0 Å². The lowest BCUT2D eigenvalue weighted by atomic mass is 10.2. The van der Waals surface area contributed by atoms with E-state index in [4.69, 9.17) is 16.3 Å². The van der Waals surface area contributed by atoms with E-state index in [0.29, 0.717) is 21.7 Å². The van der Waals surface area contributed by atoms with Crippen LogP contribution in [0.5, 0.6) is 5.75 Å². The fourth-order valence-electron chi connectivity index (χ4n) is 2.56. The van der Waals surface area contributed by atoms with Crippen molar-refractivity contribution in [1.82, 2.24) is 24.4 Å². The summed E-state index contributed by atoms with van der Waals surface area (Å²) in [5.41, 5.74) is 3.23. The molecule has 1 N–H and O–H groups in total. The van der Waals surface area contributed by atoms with Crippen molar-refractivity contribution in [3.63, 3.8) is 0 Å². The van der Waals surface area contributed by atoms with Crippen molar-refractivity contribution in [1.29, 1.82) is 0 Å². The maximum Gasteiger partial charge on any atom is 0.207 e. The van der Waals surface area contributed by atoms with Crippen LogP contribution in [0.25, 0.3) is 17.2 Å². The molecule has 4 aromatic rings. The van der Waals surface area contributed by atoms with Gasteiger partial charge in [0, 0.05) is 22.2 Å². The second-order valence-electron chi connectivity index (χ2n) is 5.69. The summed E-state index contributed by atoms with van der Waals surface area (Å²) >= 11 is 7.27. The van der Waals surface area contributed by atoms with Crippen molar-refractivity contribution in [2.75, 3.05) is 12.4 Å². The number of hydrogen-bond donors (Lipinski definition) is 1. The molecule has 7 nitrogen and oxygen atoms in total. The fourth-order valence-corrected chi connectivity index (χ4v) is 3.35. The van der Waals surface area contributed by atoms with Crippen molar-refractivity contribution >= 4 is 34.0 Å². The maximum absolute atomic E-state index is 6.01. The molecule has 9 heteroatoms. The molecule has 0 aliphatic rings. The Balaban J connectivity index is 1.59. The topological polar surface area (TPSA) is 77.8 Å². The zero-order chi connectivity index (χ0) is 18.8. The van der Waals surface area contributed by atoms with E-state index in [1.165, 1.54) is 11.5 Å². The third kappa shape index (κ3) is 3.62. The molecule has 0 bridgehead atoms. The third-order valence-corrected chi connectivity index (χ3v) is 4.79. The zero-order valence-electron chi connectivity index (χ0n) is 14.5. The summed E-state index contributed by atoms with van der Waals surface area (Å²) < 4.78 is 11.3. The Morgan fingerprint density at radius 3 is 2.70 bits per heavy atom. The summed E-state index contributed by atoms with van der Waals surface area (Å²) in [7, 11) is 1.64. The number of nitrogens with zero attached hydrogens (tertiary/aromatic N) is 5. The van der Waals surface area contributed by atoms with Crippen molar-refractivity contribution in [2.45, 2.75) is 6.92 Å². The number of aromatic nitrogens is 5. The highest BCUT2D eigenvalue weighted by Gasteiger charge is 2.17. The molecule has 0 unspecified atom stereocenters. The van der Waals surface area contributed by atoms with Crippen molar-refractivity contribution < 1.29 is 4.74 Å². The second-order valence-corrected chi connectivity index (χ2v) is 6.88. The Kier molecular flexibility index (Phi) is 4.74. The first-order valence-electron chi connectivity index (χ1n) is 8.07. The van der Waals surface area contributed by atoms with Gasteiger partial charge in [0.1, 0.15) is 5.75 Å². The van der Waals surface area contributed by atoms with Crippen LogP contribution in [0, 0.1) is 6.92 Å². The SMILES string of the molecule is COc1ccc(-n2nnc(-c3nsc(Nc4cccc(Cl)c4)n3)c2C)cc1. The molecule has 136 valence electrons. The Morgan fingerprint density at radius 1 is 1.15 bits per heavy atom. The van der Waals surface area contributed by atoms with E-state index in [-0.39, 0.29) is 0 Å². The monoisotopic (exact) mass is 398 g/mol. The number of ether oxygens (including phenoxy) is 1. The van der Waals surface area contributed by atoms with E-state index in [1.807, 2.05) is 55.5 Å². The van der Waals surface area contributed by atoms with Crippen LogP contribution in [0.4, 0.5) is 10.8 Å². The van der Waals surface area contributed by atoms with Gasteiger partial charge in [-0.05, 0) is 49.4 Å². The first-order chi connectivity index (χ1) is 13.1. The van der Waals surface area contributed by atoms with Gasteiger partial charge in [0.05, 0.1) is 18.5 Å². The molecule has 2 aromatic heterocycles. The van der Waals surface area contributed by atoms with Crippen LogP contribution in [0.1, 0.15) is 5.69 Å². The Labute approximate surface area is 164 Å². The number of benzene rings is 2. The van der Waals surface area contributed by atoms with Gasteiger partial charge in [-0.1, -0.05) is 22.9 Å². The minimum absolute atomic E-state index is 0.529. The van der Waals surface area contributed by atoms with E-state index in [2.05, 4.69) is 25.0 Å². The van der Waals surface area contributed by atoms with Gasteiger partial charge in [-0.2, -0.15) is 9.36 Å². The zero-order valence-corrected chi connectivity index (χ0v) is 16.1. The molecule has 0 spiro atoms. The van der Waals surface area contributed by atoms with Crippen LogP contribution in [0.3, 0.4) is 0 Å². The predicted octanol–water partition coefficient (Wildman–Crippen LogP) is 4.50. The van der Waals surface area contributed by atoms with Crippen LogP contribution in [0.15, 0.2) is 48.5 Å². The second kappa shape index (κ2) is 7.34. The summed E-state index contributed by atoms with van der Waals surface area (Å²) in [5, 5.41) is 13.0. The Bertz CT molecular complexity index is 1080. The number of hydrogen-bond acceptors (Lipinski definition) is 7. The normalized spacial score (nSPS) is 10.8. The molecule has 4 rings (SSSR count). The average molecular weight is 399 g/mol. The van der Waals surface area contributed by atoms with Gasteiger partial charge in [0.15, 0.2) is 11.5 Å². The lowest BCUT2D eigenvalue weighted by Crippen LogP contribution is -1.99. The summed E-state index contributed by atoms with van der Waals surface area (Å²) in [5.74, 6) is 1.32. The van der Waals surface area contributed by atoms with E-state index in [9.17, 15) is 0 Å². The third-order valence-electron chi connectivity index (χ3n) is 3.93. The lowest BCUT2D eigenvalue weighted by molar-refractivity contribution is 0.414.